The fraction of sp³-hybridized carbons (Fsp3) is 0.462. The lowest BCUT2D eigenvalue weighted by Crippen LogP contribution is -2.58. The van der Waals surface area contributed by atoms with E-state index < -0.39 is 75.5 Å². The van der Waals surface area contributed by atoms with E-state index >= 15 is 0 Å². The fourth-order valence-electron chi connectivity index (χ4n) is 4.43. The maximum absolute atomic E-state index is 13.9. The molecule has 39 heavy (non-hydrogen) atoms. The molecule has 0 saturated carbocycles. The number of nitrogens with zero attached hydrogens (tertiary/aromatic N) is 1. The SMILES string of the molecule is CC(C)(C)S(=O)(=O)C[C@H](CC(F)(F)F)N1C(=O)[C@@H](CC(N)=O)O[C@H](c2cccc(Cl)c2)[C@H]1c1ccc(Cl)cc1. The van der Waals surface area contributed by atoms with Crippen molar-refractivity contribution in [1.29, 1.82) is 0 Å². The molecule has 2 amide bonds. The Labute approximate surface area is 235 Å². The monoisotopic (exact) mass is 608 g/mol. The van der Waals surface area contributed by atoms with E-state index in [0.29, 0.717) is 21.2 Å². The lowest BCUT2D eigenvalue weighted by Gasteiger charge is -2.48. The van der Waals surface area contributed by atoms with Gasteiger partial charge in [0.05, 0.1) is 35.4 Å². The summed E-state index contributed by atoms with van der Waals surface area (Å²) in [6.45, 7) is 4.11. The molecule has 0 bridgehead atoms. The van der Waals surface area contributed by atoms with E-state index in [1.54, 1.807) is 18.2 Å². The highest BCUT2D eigenvalue weighted by Gasteiger charge is 2.51. The normalized spacial score (nSPS) is 21.6. The van der Waals surface area contributed by atoms with Gasteiger partial charge in [-0.25, -0.2) is 8.42 Å². The Morgan fingerprint density at radius 2 is 1.67 bits per heavy atom. The van der Waals surface area contributed by atoms with E-state index in [1.165, 1.54) is 51.1 Å². The third-order valence-electron chi connectivity index (χ3n) is 6.41. The zero-order chi connectivity index (χ0) is 29.3. The first kappa shape index (κ1) is 31.2. The molecule has 1 aliphatic heterocycles. The quantitative estimate of drug-likeness (QED) is 0.431. The number of amides is 2. The number of alkyl halides is 3. The van der Waals surface area contributed by atoms with Crippen LogP contribution in [0.3, 0.4) is 0 Å². The van der Waals surface area contributed by atoms with Crippen LogP contribution >= 0.6 is 23.2 Å². The number of carbonyl (C=O) groups excluding carboxylic acids is 2. The van der Waals surface area contributed by atoms with Crippen molar-refractivity contribution < 1.29 is 35.9 Å². The molecule has 1 aliphatic rings. The molecular weight excluding hydrogens is 580 g/mol. The predicted molar refractivity (Wildman–Crippen MR) is 142 cm³/mol. The molecule has 0 aromatic heterocycles. The highest BCUT2D eigenvalue weighted by molar-refractivity contribution is 7.92. The molecule has 214 valence electrons. The number of benzene rings is 2. The molecule has 2 N–H and O–H groups in total. The molecule has 2 aromatic rings. The van der Waals surface area contributed by atoms with Crippen LogP contribution in [0.5, 0.6) is 0 Å². The Morgan fingerprint density at radius 3 is 2.18 bits per heavy atom. The van der Waals surface area contributed by atoms with Gasteiger partial charge in [0.1, 0.15) is 12.2 Å². The Balaban J connectivity index is 2.29. The van der Waals surface area contributed by atoms with Crippen molar-refractivity contribution in [1.82, 2.24) is 4.90 Å². The van der Waals surface area contributed by atoms with Gasteiger partial charge < -0.3 is 15.4 Å². The highest BCUT2D eigenvalue weighted by Crippen LogP contribution is 2.46. The average Bonchev–Trinajstić information content (AvgIpc) is 2.78. The largest absolute Gasteiger partial charge is 0.391 e. The molecule has 4 atom stereocenters. The van der Waals surface area contributed by atoms with Gasteiger partial charge in [-0.1, -0.05) is 47.5 Å². The first-order valence-corrected chi connectivity index (χ1v) is 14.4. The van der Waals surface area contributed by atoms with Gasteiger partial charge in [-0.15, -0.1) is 0 Å². The van der Waals surface area contributed by atoms with Crippen molar-refractivity contribution in [3.8, 4) is 0 Å². The molecule has 13 heteroatoms. The van der Waals surface area contributed by atoms with Gasteiger partial charge in [-0.05, 0) is 56.2 Å². The molecule has 0 radical (unpaired) electrons. The molecule has 0 unspecified atom stereocenters. The number of primary amides is 1. The van der Waals surface area contributed by atoms with Crippen LogP contribution in [0.4, 0.5) is 13.2 Å². The summed E-state index contributed by atoms with van der Waals surface area (Å²) in [5.74, 6) is -2.87. The first-order valence-electron chi connectivity index (χ1n) is 12.0. The van der Waals surface area contributed by atoms with Crippen molar-refractivity contribution >= 4 is 44.9 Å². The molecule has 7 nitrogen and oxygen atoms in total. The van der Waals surface area contributed by atoms with Gasteiger partial charge in [0, 0.05) is 10.0 Å². The maximum Gasteiger partial charge on any atom is 0.391 e. The second-order valence-corrected chi connectivity index (χ2v) is 14.0. The van der Waals surface area contributed by atoms with Crippen LogP contribution in [-0.4, -0.2) is 54.0 Å². The zero-order valence-electron chi connectivity index (χ0n) is 21.4. The second kappa shape index (κ2) is 11.6. The van der Waals surface area contributed by atoms with Gasteiger partial charge in [0.25, 0.3) is 5.91 Å². The van der Waals surface area contributed by atoms with Crippen LogP contribution in [0.1, 0.15) is 56.9 Å². The number of hydrogen-bond acceptors (Lipinski definition) is 5. The number of rotatable bonds is 8. The van der Waals surface area contributed by atoms with E-state index in [0.717, 1.165) is 4.90 Å². The van der Waals surface area contributed by atoms with Crippen LogP contribution in [-0.2, 0) is 24.2 Å². The highest BCUT2D eigenvalue weighted by atomic mass is 35.5. The van der Waals surface area contributed by atoms with Gasteiger partial charge in [0.15, 0.2) is 9.84 Å². The second-order valence-electron chi connectivity index (χ2n) is 10.4. The Hall–Kier alpha value is -2.34. The summed E-state index contributed by atoms with van der Waals surface area (Å²) in [4.78, 5) is 26.5. The minimum absolute atomic E-state index is 0.294. The maximum atomic E-state index is 13.9. The Bertz CT molecular complexity index is 1310. The van der Waals surface area contributed by atoms with Crippen LogP contribution in [0, 0.1) is 0 Å². The van der Waals surface area contributed by atoms with Crippen molar-refractivity contribution in [3.63, 3.8) is 0 Å². The number of hydrogen-bond donors (Lipinski definition) is 1. The molecule has 3 rings (SSSR count). The summed E-state index contributed by atoms with van der Waals surface area (Å²) in [5, 5.41) is 0.629. The van der Waals surface area contributed by atoms with E-state index in [9.17, 15) is 31.2 Å². The summed E-state index contributed by atoms with van der Waals surface area (Å²) in [7, 11) is -4.15. The molecule has 1 saturated heterocycles. The van der Waals surface area contributed by atoms with Crippen LogP contribution in [0.2, 0.25) is 10.0 Å². The summed E-state index contributed by atoms with van der Waals surface area (Å²) >= 11 is 12.2. The van der Waals surface area contributed by atoms with Crippen LogP contribution in [0.25, 0.3) is 0 Å². The average molecular weight is 609 g/mol. The standard InChI is InChI=1S/C26H29Cl2F3N2O5S/c1-25(2,3)39(36,37)14-19(13-26(29,30)31)33-22(15-7-9-17(27)10-8-15)23(16-5-4-6-18(28)11-16)38-20(24(33)35)12-21(32)34/h4-11,19-20,22-23H,12-14H2,1-3H3,(H2,32,34)/t19-,20+,22+,23+/m0/s1. The van der Waals surface area contributed by atoms with Crippen molar-refractivity contribution in [2.75, 3.05) is 5.75 Å². The van der Waals surface area contributed by atoms with Crippen molar-refractivity contribution in [2.45, 2.75) is 68.8 Å². The summed E-state index contributed by atoms with van der Waals surface area (Å²) < 4.78 is 72.9. The Morgan fingerprint density at radius 1 is 1.05 bits per heavy atom. The minimum Gasteiger partial charge on any atom is -0.370 e. The number of sulfone groups is 1. The first-order chi connectivity index (χ1) is 17.9. The molecule has 1 fully saturated rings. The summed E-state index contributed by atoms with van der Waals surface area (Å²) in [6.07, 6.45) is -9.73. The zero-order valence-corrected chi connectivity index (χ0v) is 23.7. The van der Waals surface area contributed by atoms with E-state index in [1.807, 2.05) is 0 Å². The smallest absolute Gasteiger partial charge is 0.370 e. The van der Waals surface area contributed by atoms with Crippen LogP contribution in [0.15, 0.2) is 48.5 Å². The molecule has 0 spiro atoms. The van der Waals surface area contributed by atoms with E-state index in [-0.39, 0.29) is 0 Å². The number of morpholine rings is 1. The van der Waals surface area contributed by atoms with Gasteiger partial charge >= 0.3 is 6.18 Å². The lowest BCUT2D eigenvalue weighted by atomic mass is 9.89. The topological polar surface area (TPSA) is 107 Å². The minimum atomic E-state index is -4.83. The van der Waals surface area contributed by atoms with Crippen LogP contribution < -0.4 is 5.73 Å². The van der Waals surface area contributed by atoms with Crippen molar-refractivity contribution in [2.24, 2.45) is 5.73 Å². The lowest BCUT2D eigenvalue weighted by molar-refractivity contribution is -0.190. The number of ether oxygens (including phenoxy) is 1. The third kappa shape index (κ3) is 7.65. The van der Waals surface area contributed by atoms with E-state index in [2.05, 4.69) is 0 Å². The molecule has 2 aromatic carbocycles. The van der Waals surface area contributed by atoms with Gasteiger partial charge in [-0.3, -0.25) is 9.59 Å². The van der Waals surface area contributed by atoms with Gasteiger partial charge in [0.2, 0.25) is 5.91 Å². The van der Waals surface area contributed by atoms with Gasteiger partial charge in [-0.2, -0.15) is 13.2 Å². The predicted octanol–water partition coefficient (Wildman–Crippen LogP) is 5.41. The fourth-order valence-corrected chi connectivity index (χ4v) is 6.04. The molecule has 0 aliphatic carbocycles. The number of carbonyl (C=O) groups is 2. The third-order valence-corrected chi connectivity index (χ3v) is 9.58. The Kier molecular flexibility index (Phi) is 9.31. The number of nitrogens with two attached hydrogens (primary N) is 1. The molecular formula is C26H29Cl2F3N2O5S. The number of halogens is 5. The summed E-state index contributed by atoms with van der Waals surface area (Å²) in [6, 6.07) is 9.27. The summed E-state index contributed by atoms with van der Waals surface area (Å²) in [5.41, 5.74) is 6.08. The van der Waals surface area contributed by atoms with E-state index in [4.69, 9.17) is 33.7 Å². The molecule has 1 heterocycles. The van der Waals surface area contributed by atoms with Crippen molar-refractivity contribution in [3.05, 3.63) is 69.7 Å².